The molecule has 0 saturated carbocycles. The number of benzene rings is 4. The molecule has 2 heteroatoms. The van der Waals surface area contributed by atoms with Gasteiger partial charge in [0.1, 0.15) is 11.5 Å². The number of hydrogen-bond donors (Lipinski definition) is 0. The Hall–Kier alpha value is -2.97. The van der Waals surface area contributed by atoms with E-state index in [4.69, 9.17) is 4.74 Å². The van der Waals surface area contributed by atoms with Gasteiger partial charge in [-0.3, -0.25) is 0 Å². The maximum Gasteiger partial charge on any atom is 0.131 e. The van der Waals surface area contributed by atoms with Crippen LogP contribution in [0.5, 0.6) is 11.5 Å². The minimum Gasteiger partial charge on any atom is -0.457 e. The van der Waals surface area contributed by atoms with E-state index in [2.05, 4.69) is 86.6 Å². The van der Waals surface area contributed by atoms with Crippen molar-refractivity contribution < 1.29 is 4.74 Å². The molecule has 0 unspecified atom stereocenters. The lowest BCUT2D eigenvalue weighted by Gasteiger charge is -2.25. The molecule has 36 heavy (non-hydrogen) atoms. The number of para-hydroxylation sites is 2. The van der Waals surface area contributed by atoms with Crippen LogP contribution in [0.4, 0.5) is 0 Å². The standard InChI is InChI=1S/C14H12O.C14H12S.2C2H6.2CH4/c2*1-10-11-6-2-4-8-13(11)15-14-9-5-3-7-12(10)14;2*1-2;;/h2*2-10H,1H3;2*1-2H3;2*1H4. The summed E-state index contributed by atoms with van der Waals surface area (Å²) in [4.78, 5) is 2.81. The van der Waals surface area contributed by atoms with Crippen LogP contribution in [0, 0.1) is 0 Å². The predicted octanol–water partition coefficient (Wildman–Crippen LogP) is 11.6. The summed E-state index contributed by atoms with van der Waals surface area (Å²) < 4.78 is 5.85. The summed E-state index contributed by atoms with van der Waals surface area (Å²) in [7, 11) is 0. The van der Waals surface area contributed by atoms with Crippen LogP contribution in [0.15, 0.2) is 107 Å². The highest BCUT2D eigenvalue weighted by Crippen LogP contribution is 2.45. The number of rotatable bonds is 0. The van der Waals surface area contributed by atoms with Gasteiger partial charge < -0.3 is 4.74 Å². The van der Waals surface area contributed by atoms with Crippen LogP contribution in [0.3, 0.4) is 0 Å². The fourth-order valence-corrected chi connectivity index (χ4v) is 5.55. The molecule has 0 fully saturated rings. The van der Waals surface area contributed by atoms with Crippen molar-refractivity contribution in [1.82, 2.24) is 0 Å². The van der Waals surface area contributed by atoms with Gasteiger partial charge in [0.15, 0.2) is 0 Å². The first kappa shape index (κ1) is 31.1. The molecule has 0 bridgehead atoms. The van der Waals surface area contributed by atoms with Crippen molar-refractivity contribution in [2.24, 2.45) is 0 Å². The van der Waals surface area contributed by atoms with Gasteiger partial charge in [0, 0.05) is 32.8 Å². The van der Waals surface area contributed by atoms with E-state index in [0.717, 1.165) is 11.5 Å². The zero-order valence-corrected chi connectivity index (χ0v) is 22.0. The Balaban J connectivity index is 0.000000302. The molecule has 192 valence electrons. The molecule has 0 radical (unpaired) electrons. The Labute approximate surface area is 225 Å². The maximum absolute atomic E-state index is 5.85. The highest BCUT2D eigenvalue weighted by atomic mass is 32.2. The van der Waals surface area contributed by atoms with E-state index in [1.165, 1.54) is 32.0 Å². The lowest BCUT2D eigenvalue weighted by Crippen LogP contribution is -2.06. The van der Waals surface area contributed by atoms with E-state index < -0.39 is 0 Å². The summed E-state index contributed by atoms with van der Waals surface area (Å²) in [5.41, 5.74) is 5.47. The fraction of sp³-hybridized carbons (Fsp3) is 0.294. The second kappa shape index (κ2) is 15.2. The molecular formula is C34H44OS. The Kier molecular flexibility index (Phi) is 13.1. The minimum atomic E-state index is 0. The zero-order chi connectivity index (χ0) is 24.5. The molecule has 0 aliphatic carbocycles. The van der Waals surface area contributed by atoms with Crippen LogP contribution < -0.4 is 4.74 Å². The van der Waals surface area contributed by atoms with Gasteiger partial charge in [-0.15, -0.1) is 0 Å². The topological polar surface area (TPSA) is 9.23 Å². The average Bonchev–Trinajstić information content (AvgIpc) is 2.92. The first-order valence-electron chi connectivity index (χ1n) is 12.4. The molecule has 2 aliphatic rings. The van der Waals surface area contributed by atoms with Gasteiger partial charge in [0.2, 0.25) is 0 Å². The van der Waals surface area contributed by atoms with E-state index >= 15 is 0 Å². The summed E-state index contributed by atoms with van der Waals surface area (Å²) in [5, 5.41) is 0. The molecule has 1 nitrogen and oxygen atoms in total. The second-order valence-corrected chi connectivity index (χ2v) is 8.88. The summed E-state index contributed by atoms with van der Waals surface area (Å²) in [6.07, 6.45) is 0. The lowest BCUT2D eigenvalue weighted by molar-refractivity contribution is 0.450. The van der Waals surface area contributed by atoms with Crippen molar-refractivity contribution in [3.05, 3.63) is 119 Å². The lowest BCUT2D eigenvalue weighted by atomic mass is 9.90. The maximum atomic E-state index is 5.85. The van der Waals surface area contributed by atoms with Gasteiger partial charge >= 0.3 is 0 Å². The fourth-order valence-electron chi connectivity index (χ4n) is 4.30. The van der Waals surface area contributed by atoms with Crippen molar-refractivity contribution in [3.63, 3.8) is 0 Å². The zero-order valence-electron chi connectivity index (χ0n) is 21.2. The van der Waals surface area contributed by atoms with Crippen molar-refractivity contribution >= 4 is 11.8 Å². The van der Waals surface area contributed by atoms with Crippen LogP contribution in [-0.4, -0.2) is 0 Å². The van der Waals surface area contributed by atoms with Crippen molar-refractivity contribution in [1.29, 1.82) is 0 Å². The van der Waals surface area contributed by atoms with Crippen LogP contribution in [0.1, 0.15) is 90.5 Å². The highest BCUT2D eigenvalue weighted by molar-refractivity contribution is 7.99. The number of ether oxygens (including phenoxy) is 1. The Morgan fingerprint density at radius 1 is 0.472 bits per heavy atom. The molecule has 0 atom stereocenters. The monoisotopic (exact) mass is 500 g/mol. The van der Waals surface area contributed by atoms with E-state index in [9.17, 15) is 0 Å². The average molecular weight is 501 g/mol. The summed E-state index contributed by atoms with van der Waals surface area (Å²) in [5.74, 6) is 2.93. The predicted molar refractivity (Wildman–Crippen MR) is 161 cm³/mol. The van der Waals surface area contributed by atoms with E-state index in [0.29, 0.717) is 11.8 Å². The quantitative estimate of drug-likeness (QED) is 0.237. The molecule has 0 saturated heterocycles. The SMILES string of the molecule is C.C.CC.CC.CC1c2ccccc2Oc2ccccc21.CC1c2ccccc2Sc2ccccc21. The van der Waals surface area contributed by atoms with Crippen LogP contribution >= 0.6 is 11.8 Å². The molecule has 2 aliphatic heterocycles. The first-order chi connectivity index (χ1) is 16.7. The third-order valence-electron chi connectivity index (χ3n) is 5.98. The molecule has 0 aromatic heterocycles. The van der Waals surface area contributed by atoms with E-state index in [1.54, 1.807) is 0 Å². The molecule has 2 heterocycles. The number of hydrogen-bond acceptors (Lipinski definition) is 2. The van der Waals surface area contributed by atoms with Gasteiger partial charge in [-0.2, -0.15) is 0 Å². The number of fused-ring (bicyclic) bond motifs is 4. The van der Waals surface area contributed by atoms with Gasteiger partial charge in [0.05, 0.1) is 0 Å². The van der Waals surface area contributed by atoms with Gasteiger partial charge in [0.25, 0.3) is 0 Å². The van der Waals surface area contributed by atoms with E-state index in [1.807, 2.05) is 63.7 Å². The van der Waals surface area contributed by atoms with Crippen LogP contribution in [0.2, 0.25) is 0 Å². The highest BCUT2D eigenvalue weighted by Gasteiger charge is 2.23. The smallest absolute Gasteiger partial charge is 0.131 e. The largest absolute Gasteiger partial charge is 0.457 e. The minimum absolute atomic E-state index is 0. The molecule has 6 rings (SSSR count). The van der Waals surface area contributed by atoms with Crippen molar-refractivity contribution in [2.75, 3.05) is 0 Å². The first-order valence-corrected chi connectivity index (χ1v) is 13.3. The summed E-state index contributed by atoms with van der Waals surface area (Å²) >= 11 is 1.89. The molecule has 4 aromatic rings. The van der Waals surface area contributed by atoms with E-state index in [-0.39, 0.29) is 14.9 Å². The Bertz CT molecular complexity index is 1010. The van der Waals surface area contributed by atoms with Crippen molar-refractivity contribution in [3.8, 4) is 11.5 Å². The third-order valence-corrected chi connectivity index (χ3v) is 7.17. The molecule has 0 N–H and O–H groups in total. The molecule has 0 amide bonds. The third kappa shape index (κ3) is 6.62. The summed E-state index contributed by atoms with van der Waals surface area (Å²) in [6.45, 7) is 12.5. The summed E-state index contributed by atoms with van der Waals surface area (Å²) in [6, 6.07) is 33.9. The normalized spacial score (nSPS) is 12.2. The molecule has 4 aromatic carbocycles. The molecule has 0 spiro atoms. The Morgan fingerprint density at radius 2 is 0.778 bits per heavy atom. The van der Waals surface area contributed by atoms with Gasteiger partial charge in [-0.25, -0.2) is 0 Å². The second-order valence-electron chi connectivity index (χ2n) is 7.80. The Morgan fingerprint density at radius 3 is 1.19 bits per heavy atom. The van der Waals surface area contributed by atoms with Crippen LogP contribution in [0.25, 0.3) is 0 Å². The van der Waals surface area contributed by atoms with Crippen LogP contribution in [-0.2, 0) is 0 Å². The van der Waals surface area contributed by atoms with Gasteiger partial charge in [-0.1, -0.05) is 141 Å². The molecular weight excluding hydrogens is 456 g/mol. The van der Waals surface area contributed by atoms with Crippen molar-refractivity contribution in [2.45, 2.75) is 78.0 Å². The van der Waals surface area contributed by atoms with Gasteiger partial charge in [-0.05, 0) is 35.4 Å².